The molecule has 0 saturated heterocycles. The number of nitrogens with zero attached hydrogens (tertiary/aromatic N) is 1. The van der Waals surface area contributed by atoms with E-state index in [0.717, 1.165) is 27.3 Å². The number of esters is 2. The molecule has 0 aliphatic carbocycles. The van der Waals surface area contributed by atoms with Crippen molar-refractivity contribution in [2.45, 2.75) is 18.4 Å². The second kappa shape index (κ2) is 14.2. The van der Waals surface area contributed by atoms with E-state index in [1.165, 1.54) is 19.2 Å². The number of carbonyl (C=O) groups excluding carboxylic acids is 3. The third kappa shape index (κ3) is 7.62. The van der Waals surface area contributed by atoms with Crippen molar-refractivity contribution in [3.63, 3.8) is 0 Å². The fraction of sp³-hybridized carbons (Fsp3) is 0.167. The highest BCUT2D eigenvalue weighted by Gasteiger charge is 2.27. The van der Waals surface area contributed by atoms with Crippen LogP contribution in [0.2, 0.25) is 9.36 Å². The fourth-order valence-corrected chi connectivity index (χ4v) is 6.82. The molecule has 1 aromatic heterocycles. The van der Waals surface area contributed by atoms with Gasteiger partial charge in [-0.2, -0.15) is 4.31 Å². The van der Waals surface area contributed by atoms with Crippen LogP contribution < -0.4 is 5.32 Å². The van der Waals surface area contributed by atoms with E-state index in [4.69, 9.17) is 32.7 Å². The molecule has 1 heterocycles. The molecule has 0 spiro atoms. The molecule has 0 unspecified atom stereocenters. The molecule has 13 heteroatoms. The van der Waals surface area contributed by atoms with Gasteiger partial charge in [-0.25, -0.2) is 18.0 Å². The molecule has 0 aliphatic rings. The topological polar surface area (TPSA) is 119 Å². The van der Waals surface area contributed by atoms with Crippen LogP contribution in [-0.2, 0) is 30.8 Å². The average molecular weight is 662 g/mol. The minimum absolute atomic E-state index is 0.0581. The Hall–Kier alpha value is -3.74. The van der Waals surface area contributed by atoms with Gasteiger partial charge in [0, 0.05) is 19.2 Å². The van der Waals surface area contributed by atoms with Crippen molar-refractivity contribution in [3.8, 4) is 11.1 Å². The highest BCUT2D eigenvalue weighted by atomic mass is 35.5. The zero-order valence-corrected chi connectivity index (χ0v) is 26.1. The number of ether oxygens (including phenoxy) is 2. The van der Waals surface area contributed by atoms with Gasteiger partial charge >= 0.3 is 11.9 Å². The Bertz CT molecular complexity index is 1750. The summed E-state index contributed by atoms with van der Waals surface area (Å²) in [6.07, 6.45) is 0. The quantitative estimate of drug-likeness (QED) is 0.182. The summed E-state index contributed by atoms with van der Waals surface area (Å²) in [6.45, 7) is 1.11. The van der Waals surface area contributed by atoms with Gasteiger partial charge in [-0.3, -0.25) is 4.79 Å². The molecular formula is C30H26Cl2N2O7S2. The number of nitrogens with one attached hydrogen (secondary N) is 1. The third-order valence-electron chi connectivity index (χ3n) is 6.11. The summed E-state index contributed by atoms with van der Waals surface area (Å²) in [5, 5.41) is 2.62. The van der Waals surface area contributed by atoms with E-state index in [2.05, 4.69) is 5.32 Å². The summed E-state index contributed by atoms with van der Waals surface area (Å²) in [5.74, 6) is -2.46. The Morgan fingerprint density at radius 2 is 1.56 bits per heavy atom. The van der Waals surface area contributed by atoms with Crippen molar-refractivity contribution in [1.29, 1.82) is 0 Å². The Morgan fingerprint density at radius 1 is 0.907 bits per heavy atom. The Morgan fingerprint density at radius 3 is 2.21 bits per heavy atom. The van der Waals surface area contributed by atoms with Crippen LogP contribution in [0.1, 0.15) is 33.2 Å². The van der Waals surface area contributed by atoms with Crippen LogP contribution >= 0.6 is 34.5 Å². The second-order valence-electron chi connectivity index (χ2n) is 9.05. The monoisotopic (exact) mass is 660 g/mol. The molecule has 9 nitrogen and oxygen atoms in total. The predicted octanol–water partition coefficient (Wildman–Crippen LogP) is 6.51. The van der Waals surface area contributed by atoms with E-state index < -0.39 is 34.5 Å². The normalized spacial score (nSPS) is 11.3. The van der Waals surface area contributed by atoms with Gasteiger partial charge in [0.25, 0.3) is 5.91 Å². The molecular weight excluding hydrogens is 635 g/mol. The van der Waals surface area contributed by atoms with Crippen molar-refractivity contribution in [3.05, 3.63) is 105 Å². The molecule has 0 radical (unpaired) electrons. The lowest BCUT2D eigenvalue weighted by atomic mass is 10.0. The molecule has 0 saturated carbocycles. The number of halogens is 2. The minimum atomic E-state index is -3.99. The number of hydrogen-bond donors (Lipinski definition) is 1. The molecule has 0 atom stereocenters. The maximum absolute atomic E-state index is 13.2. The number of rotatable bonds is 11. The number of amides is 1. The van der Waals surface area contributed by atoms with Gasteiger partial charge < -0.3 is 14.8 Å². The first-order valence-corrected chi connectivity index (χ1v) is 15.9. The number of hydrogen-bond acceptors (Lipinski definition) is 8. The first kappa shape index (κ1) is 32.2. The van der Waals surface area contributed by atoms with Crippen molar-refractivity contribution in [2.75, 3.05) is 25.6 Å². The second-order valence-corrected chi connectivity index (χ2v) is 13.1. The van der Waals surface area contributed by atoms with Crippen LogP contribution in [0.3, 0.4) is 0 Å². The number of carbonyl (C=O) groups is 3. The molecule has 3 aromatic carbocycles. The highest BCUT2D eigenvalue weighted by molar-refractivity contribution is 7.89. The maximum Gasteiger partial charge on any atom is 0.341 e. The molecule has 4 aromatic rings. The van der Waals surface area contributed by atoms with Crippen molar-refractivity contribution in [1.82, 2.24) is 4.31 Å². The third-order valence-corrected chi connectivity index (χ3v) is 9.55. The number of anilines is 1. The Balaban J connectivity index is 1.49. The average Bonchev–Trinajstić information content (AvgIpc) is 3.32. The zero-order valence-electron chi connectivity index (χ0n) is 23.0. The summed E-state index contributed by atoms with van der Waals surface area (Å²) in [5.41, 5.74) is 1.67. The largest absolute Gasteiger partial charge is 0.462 e. The molecule has 4 rings (SSSR count). The summed E-state index contributed by atoms with van der Waals surface area (Å²) in [7, 11) is -2.57. The van der Waals surface area contributed by atoms with Gasteiger partial charge in [-0.1, -0.05) is 83.9 Å². The van der Waals surface area contributed by atoms with E-state index in [1.807, 2.05) is 12.1 Å². The summed E-state index contributed by atoms with van der Waals surface area (Å²) in [6, 6.07) is 21.6. The van der Waals surface area contributed by atoms with Crippen molar-refractivity contribution < 1.29 is 32.3 Å². The summed E-state index contributed by atoms with van der Waals surface area (Å²) < 4.78 is 38.1. The lowest BCUT2D eigenvalue weighted by Gasteiger charge is -2.18. The van der Waals surface area contributed by atoms with Crippen molar-refractivity contribution in [2.24, 2.45) is 0 Å². The lowest BCUT2D eigenvalue weighted by molar-refractivity contribution is -0.119. The van der Waals surface area contributed by atoms with Gasteiger partial charge in [-0.05, 0) is 36.2 Å². The minimum Gasteiger partial charge on any atom is -0.462 e. The standard InChI is InChI=1S/C30H26Cl2N2O7S2/c1-3-40-30(37)26-25(20-12-8-5-9-13-20)27(32)42-28(26)33-24(35)18-41-29(36)22-16-21(14-15-23(22)31)43(38,39)34(2)17-19-10-6-4-7-11-19/h4-16H,3,17-18H2,1-2H3,(H,33,35). The molecule has 224 valence electrons. The lowest BCUT2D eigenvalue weighted by Crippen LogP contribution is -2.27. The number of benzene rings is 3. The van der Waals surface area contributed by atoms with Gasteiger partial charge in [-0.15, -0.1) is 11.3 Å². The highest BCUT2D eigenvalue weighted by Crippen LogP contribution is 2.44. The Labute approximate surface area is 263 Å². The Kier molecular flexibility index (Phi) is 10.6. The first-order chi connectivity index (χ1) is 20.5. The van der Waals surface area contributed by atoms with E-state index in [0.29, 0.717) is 11.1 Å². The van der Waals surface area contributed by atoms with E-state index in [1.54, 1.807) is 55.5 Å². The fourth-order valence-electron chi connectivity index (χ4n) is 4.05. The van der Waals surface area contributed by atoms with Crippen LogP contribution in [0, 0.1) is 0 Å². The molecule has 0 bridgehead atoms. The van der Waals surface area contributed by atoms with Crippen LogP contribution in [0.5, 0.6) is 0 Å². The van der Waals surface area contributed by atoms with E-state index in [9.17, 15) is 22.8 Å². The molecule has 0 fully saturated rings. The van der Waals surface area contributed by atoms with E-state index >= 15 is 0 Å². The zero-order chi connectivity index (χ0) is 31.1. The molecule has 0 aliphatic heterocycles. The van der Waals surface area contributed by atoms with E-state index in [-0.39, 0.29) is 43.5 Å². The van der Waals surface area contributed by atoms with Crippen LogP contribution in [0.4, 0.5) is 5.00 Å². The first-order valence-electron chi connectivity index (χ1n) is 12.8. The van der Waals surface area contributed by atoms with Crippen LogP contribution in [0.25, 0.3) is 11.1 Å². The van der Waals surface area contributed by atoms with Gasteiger partial charge in [0.05, 0.1) is 22.1 Å². The number of thiophene rings is 1. The molecule has 43 heavy (non-hydrogen) atoms. The van der Waals surface area contributed by atoms with Crippen LogP contribution in [-0.4, -0.2) is 50.8 Å². The predicted molar refractivity (Wildman–Crippen MR) is 166 cm³/mol. The smallest absolute Gasteiger partial charge is 0.341 e. The van der Waals surface area contributed by atoms with Crippen LogP contribution in [0.15, 0.2) is 83.8 Å². The van der Waals surface area contributed by atoms with Crippen molar-refractivity contribution >= 4 is 67.4 Å². The summed E-state index contributed by atoms with van der Waals surface area (Å²) >= 11 is 13.6. The van der Waals surface area contributed by atoms with Gasteiger partial charge in [0.1, 0.15) is 14.9 Å². The van der Waals surface area contributed by atoms with Gasteiger partial charge in [0.15, 0.2) is 6.61 Å². The molecule has 1 amide bonds. The number of sulfonamides is 1. The summed E-state index contributed by atoms with van der Waals surface area (Å²) in [4.78, 5) is 38.3. The SMILES string of the molecule is CCOC(=O)c1c(NC(=O)COC(=O)c2cc(S(=O)(=O)N(C)Cc3ccccc3)ccc2Cl)sc(Cl)c1-c1ccccc1. The molecule has 1 N–H and O–H groups in total. The van der Waals surface area contributed by atoms with Gasteiger partial charge in [0.2, 0.25) is 10.0 Å². The maximum atomic E-state index is 13.2.